The molecule has 1 N–H and O–H groups in total. The Labute approximate surface area is 251 Å². The predicted octanol–water partition coefficient (Wildman–Crippen LogP) is 4.33. The van der Waals surface area contributed by atoms with Crippen molar-refractivity contribution in [3.05, 3.63) is 0 Å². The Balaban J connectivity index is 1.30. The molecule has 0 aromatic carbocycles. The molecule has 0 amide bonds. The zero-order valence-corrected chi connectivity index (χ0v) is 26.8. The molecule has 42 heavy (non-hydrogen) atoms. The van der Waals surface area contributed by atoms with E-state index in [9.17, 15) is 19.2 Å². The van der Waals surface area contributed by atoms with Gasteiger partial charge in [0.1, 0.15) is 11.4 Å². The van der Waals surface area contributed by atoms with Crippen molar-refractivity contribution >= 4 is 23.7 Å². The maximum atomic E-state index is 12.8. The van der Waals surface area contributed by atoms with Gasteiger partial charge in [-0.1, -0.05) is 13.8 Å². The zero-order valence-electron chi connectivity index (χ0n) is 26.8. The van der Waals surface area contributed by atoms with Crippen molar-refractivity contribution in [2.45, 2.75) is 111 Å². The third kappa shape index (κ3) is 6.42. The average Bonchev–Trinajstić information content (AvgIpc) is 3.25. The van der Waals surface area contributed by atoms with E-state index in [2.05, 4.69) is 13.8 Å². The van der Waals surface area contributed by atoms with Crippen molar-refractivity contribution in [3.63, 3.8) is 0 Å². The first-order valence-corrected chi connectivity index (χ1v) is 16.0. The van der Waals surface area contributed by atoms with Crippen molar-refractivity contribution in [2.75, 3.05) is 33.4 Å². The fourth-order valence-corrected chi connectivity index (χ4v) is 9.61. The van der Waals surface area contributed by atoms with Crippen LogP contribution in [-0.4, -0.2) is 78.3 Å². The highest BCUT2D eigenvalue weighted by atomic mass is 16.6. The van der Waals surface area contributed by atoms with Crippen molar-refractivity contribution in [3.8, 4) is 0 Å². The second kappa shape index (κ2) is 12.2. The van der Waals surface area contributed by atoms with E-state index >= 15 is 0 Å². The molecule has 8 atom stereocenters. The molecule has 0 spiro atoms. The molecule has 0 aromatic rings. The summed E-state index contributed by atoms with van der Waals surface area (Å²) < 4.78 is 16.5. The highest BCUT2D eigenvalue weighted by Gasteiger charge is 2.62. The monoisotopic (exact) mass is 591 g/mol. The first-order valence-electron chi connectivity index (χ1n) is 16.0. The molecule has 4 saturated carbocycles. The normalized spacial score (nSPS) is 37.7. The van der Waals surface area contributed by atoms with Crippen LogP contribution < -0.4 is 0 Å². The molecule has 0 heterocycles. The van der Waals surface area contributed by atoms with E-state index in [1.165, 1.54) is 33.1 Å². The number of nitrogens with zero attached hydrogens (tertiary/aromatic N) is 1. The SMILES string of the molecule is CC(=O)[C@H]1CC[C@H]2[C@@H]3CC[C@H]4C[C@](C)(OC(=O)COC(=O)C(C)(C)OC(=O)CN(C)CCO)CC[C@]4(C)[C@H]3CC[C@]12C. The van der Waals surface area contributed by atoms with E-state index in [4.69, 9.17) is 19.3 Å². The molecule has 4 aliphatic rings. The van der Waals surface area contributed by atoms with Crippen LogP contribution in [0.1, 0.15) is 99.3 Å². The summed E-state index contributed by atoms with van der Waals surface area (Å²) in [6, 6.07) is 0. The molecule has 0 saturated heterocycles. The maximum Gasteiger partial charge on any atom is 0.350 e. The van der Waals surface area contributed by atoms with Crippen LogP contribution in [0.5, 0.6) is 0 Å². The molecule has 0 bridgehead atoms. The number of carbonyl (C=O) groups excluding carboxylic acids is 4. The fourth-order valence-electron chi connectivity index (χ4n) is 9.61. The van der Waals surface area contributed by atoms with Crippen LogP contribution in [0.4, 0.5) is 0 Å². The number of ketones is 1. The van der Waals surface area contributed by atoms with Crippen molar-refractivity contribution < 1.29 is 38.5 Å². The van der Waals surface area contributed by atoms with Crippen molar-refractivity contribution in [2.24, 2.45) is 40.4 Å². The number of esters is 3. The van der Waals surface area contributed by atoms with Gasteiger partial charge in [0.15, 0.2) is 6.61 Å². The molecule has 9 heteroatoms. The molecule has 4 fully saturated rings. The first kappa shape index (κ1) is 32.9. The molecule has 9 nitrogen and oxygen atoms in total. The first-order chi connectivity index (χ1) is 19.5. The summed E-state index contributed by atoms with van der Waals surface area (Å²) in [6.07, 6.45) is 9.39. The highest BCUT2D eigenvalue weighted by Crippen LogP contribution is 2.68. The minimum Gasteiger partial charge on any atom is -0.457 e. The van der Waals surface area contributed by atoms with Crippen LogP contribution >= 0.6 is 0 Å². The van der Waals surface area contributed by atoms with Gasteiger partial charge in [-0.3, -0.25) is 14.5 Å². The largest absolute Gasteiger partial charge is 0.457 e. The number of fused-ring (bicyclic) bond motifs is 5. The number of Topliss-reactive ketones (excluding diaryl/α,β-unsaturated/α-hetero) is 1. The number of aliphatic hydroxyl groups excluding tert-OH is 1. The predicted molar refractivity (Wildman–Crippen MR) is 156 cm³/mol. The zero-order chi connectivity index (χ0) is 31.1. The van der Waals surface area contributed by atoms with Crippen LogP contribution in [0.3, 0.4) is 0 Å². The van der Waals surface area contributed by atoms with E-state index in [1.54, 1.807) is 18.9 Å². The summed E-state index contributed by atoms with van der Waals surface area (Å²) >= 11 is 0. The van der Waals surface area contributed by atoms with Crippen LogP contribution in [0.15, 0.2) is 0 Å². The molecule has 0 unspecified atom stereocenters. The molecule has 0 aromatic heterocycles. The number of hydrogen-bond donors (Lipinski definition) is 1. The second-order valence-corrected chi connectivity index (χ2v) is 15.1. The van der Waals surface area contributed by atoms with Gasteiger partial charge in [0.2, 0.25) is 5.60 Å². The summed E-state index contributed by atoms with van der Waals surface area (Å²) in [7, 11) is 1.66. The van der Waals surface area contributed by atoms with Gasteiger partial charge in [-0.15, -0.1) is 0 Å². The lowest BCUT2D eigenvalue weighted by Gasteiger charge is -2.62. The summed E-state index contributed by atoms with van der Waals surface area (Å²) in [5.74, 6) is 0.959. The number of rotatable bonds is 10. The Morgan fingerprint density at radius 2 is 1.60 bits per heavy atom. The van der Waals surface area contributed by atoms with Gasteiger partial charge in [0.05, 0.1) is 13.2 Å². The summed E-state index contributed by atoms with van der Waals surface area (Å²) in [4.78, 5) is 51.7. The van der Waals surface area contributed by atoms with Crippen LogP contribution in [0.25, 0.3) is 0 Å². The molecule has 238 valence electrons. The lowest BCUT2D eigenvalue weighted by molar-refractivity contribution is -0.191. The van der Waals surface area contributed by atoms with Gasteiger partial charge in [-0.05, 0) is 127 Å². The summed E-state index contributed by atoms with van der Waals surface area (Å²) in [5.41, 5.74) is -1.83. The Hall–Kier alpha value is -2.00. The lowest BCUT2D eigenvalue weighted by atomic mass is 9.44. The lowest BCUT2D eigenvalue weighted by Crippen LogP contribution is -2.56. The van der Waals surface area contributed by atoms with Gasteiger partial charge in [0, 0.05) is 12.5 Å². The molecule has 0 radical (unpaired) electrons. The van der Waals surface area contributed by atoms with Gasteiger partial charge in [-0.25, -0.2) is 9.59 Å². The molecule has 0 aliphatic heterocycles. The smallest absolute Gasteiger partial charge is 0.350 e. The molecular formula is C33H53NO8. The minimum atomic E-state index is -1.56. The van der Waals surface area contributed by atoms with Gasteiger partial charge < -0.3 is 19.3 Å². The van der Waals surface area contributed by atoms with Crippen LogP contribution in [0.2, 0.25) is 0 Å². The Bertz CT molecular complexity index is 1060. The van der Waals surface area contributed by atoms with Crippen molar-refractivity contribution in [1.82, 2.24) is 4.90 Å². The van der Waals surface area contributed by atoms with E-state index < -0.39 is 35.7 Å². The molecule has 4 aliphatic carbocycles. The van der Waals surface area contributed by atoms with E-state index in [0.29, 0.717) is 36.0 Å². The molecular weight excluding hydrogens is 538 g/mol. The number of hydrogen-bond acceptors (Lipinski definition) is 9. The average molecular weight is 592 g/mol. The Morgan fingerprint density at radius 3 is 2.26 bits per heavy atom. The van der Waals surface area contributed by atoms with Crippen LogP contribution in [-0.2, 0) is 33.4 Å². The fraction of sp³-hybridized carbons (Fsp3) is 0.879. The quantitative estimate of drug-likeness (QED) is 0.292. The van der Waals surface area contributed by atoms with Gasteiger partial charge >= 0.3 is 17.9 Å². The summed E-state index contributed by atoms with van der Waals surface area (Å²) in [5, 5.41) is 8.98. The Morgan fingerprint density at radius 1 is 0.905 bits per heavy atom. The van der Waals surface area contributed by atoms with Gasteiger partial charge in [-0.2, -0.15) is 0 Å². The standard InChI is InChI=1S/C33H53NO8/c1-21(36)24-10-11-25-23-9-8-22-18-31(4,14-15-32(22,5)26(23)12-13-33(24,25)6)42-28(38)20-40-29(39)30(2,3)41-27(37)19-34(7)16-17-35/h22-26,35H,8-20H2,1-7H3/t22-,23-,24+,25-,26-,31+,32-,33+/m0/s1. The van der Waals surface area contributed by atoms with Crippen molar-refractivity contribution in [1.29, 1.82) is 0 Å². The maximum absolute atomic E-state index is 12.8. The number of aliphatic hydroxyl groups is 1. The molecule has 4 rings (SSSR count). The van der Waals surface area contributed by atoms with E-state index in [1.807, 2.05) is 6.92 Å². The highest BCUT2D eigenvalue weighted by molar-refractivity contribution is 5.85. The summed E-state index contributed by atoms with van der Waals surface area (Å²) in [6.45, 7) is 11.0. The topological polar surface area (TPSA) is 119 Å². The van der Waals surface area contributed by atoms with E-state index in [0.717, 1.165) is 38.5 Å². The number of ether oxygens (including phenoxy) is 3. The number of carbonyl (C=O) groups is 4. The third-order valence-electron chi connectivity index (χ3n) is 11.8. The number of likely N-dealkylation sites (N-methyl/N-ethyl adjacent to an activating group) is 1. The Kier molecular flexibility index (Phi) is 9.54. The minimum absolute atomic E-state index is 0.0851. The second-order valence-electron chi connectivity index (χ2n) is 15.1. The van der Waals surface area contributed by atoms with Crippen LogP contribution in [0, 0.1) is 40.4 Å². The third-order valence-corrected chi connectivity index (χ3v) is 11.8. The van der Waals surface area contributed by atoms with Gasteiger partial charge in [0.25, 0.3) is 0 Å². The van der Waals surface area contributed by atoms with E-state index in [-0.39, 0.29) is 29.9 Å².